The molecular formula is C14H11ClN2O. The zero-order valence-electron chi connectivity index (χ0n) is 9.85. The third-order valence-electron chi connectivity index (χ3n) is 2.39. The maximum absolute atomic E-state index is 8.86. The van der Waals surface area contributed by atoms with Gasteiger partial charge < -0.3 is 4.74 Å². The van der Waals surface area contributed by atoms with Gasteiger partial charge in [0, 0.05) is 22.3 Å². The summed E-state index contributed by atoms with van der Waals surface area (Å²) >= 11 is 6.03. The van der Waals surface area contributed by atoms with Crippen LogP contribution < -0.4 is 4.74 Å². The molecule has 0 N–H and O–H groups in total. The van der Waals surface area contributed by atoms with E-state index in [1.54, 1.807) is 12.1 Å². The molecule has 90 valence electrons. The Morgan fingerprint density at radius 3 is 2.83 bits per heavy atom. The lowest BCUT2D eigenvalue weighted by Crippen LogP contribution is -1.99. The van der Waals surface area contributed by atoms with Gasteiger partial charge in [-0.1, -0.05) is 29.8 Å². The van der Waals surface area contributed by atoms with Gasteiger partial charge in [0.15, 0.2) is 0 Å². The van der Waals surface area contributed by atoms with Gasteiger partial charge in [-0.3, -0.25) is 0 Å². The van der Waals surface area contributed by atoms with E-state index in [0.717, 1.165) is 11.3 Å². The topological polar surface area (TPSA) is 45.9 Å². The van der Waals surface area contributed by atoms with Gasteiger partial charge in [-0.2, -0.15) is 5.26 Å². The molecule has 0 unspecified atom stereocenters. The fraction of sp³-hybridized carbons (Fsp3) is 0.143. The zero-order chi connectivity index (χ0) is 13.0. The molecule has 3 nitrogen and oxygen atoms in total. The summed E-state index contributed by atoms with van der Waals surface area (Å²) in [6.45, 7) is 2.16. The van der Waals surface area contributed by atoms with Crippen LogP contribution in [0.5, 0.6) is 5.88 Å². The number of pyridine rings is 1. The highest BCUT2D eigenvalue weighted by Gasteiger charge is 2.03. The molecule has 0 amide bonds. The first-order valence-electron chi connectivity index (χ1n) is 5.44. The summed E-state index contributed by atoms with van der Waals surface area (Å²) in [7, 11) is 0. The van der Waals surface area contributed by atoms with E-state index < -0.39 is 0 Å². The van der Waals surface area contributed by atoms with Crippen molar-refractivity contribution in [3.63, 3.8) is 0 Å². The van der Waals surface area contributed by atoms with Crippen LogP contribution in [0.3, 0.4) is 0 Å². The second-order valence-electron chi connectivity index (χ2n) is 3.83. The van der Waals surface area contributed by atoms with Gasteiger partial charge in [0.05, 0.1) is 11.6 Å². The van der Waals surface area contributed by atoms with Crippen LogP contribution >= 0.6 is 11.6 Å². The van der Waals surface area contributed by atoms with Crippen molar-refractivity contribution in [2.75, 3.05) is 0 Å². The molecule has 18 heavy (non-hydrogen) atoms. The van der Waals surface area contributed by atoms with Crippen molar-refractivity contribution in [2.45, 2.75) is 13.5 Å². The van der Waals surface area contributed by atoms with E-state index in [1.807, 2.05) is 31.2 Å². The van der Waals surface area contributed by atoms with Crippen molar-refractivity contribution >= 4 is 11.6 Å². The molecule has 0 saturated carbocycles. The Morgan fingerprint density at radius 2 is 2.11 bits per heavy atom. The van der Waals surface area contributed by atoms with Crippen molar-refractivity contribution < 1.29 is 4.74 Å². The normalized spacial score (nSPS) is 9.83. The molecule has 1 aromatic carbocycles. The molecule has 2 aromatic rings. The quantitative estimate of drug-likeness (QED) is 0.847. The minimum absolute atomic E-state index is 0.334. The molecule has 1 aromatic heterocycles. The summed E-state index contributed by atoms with van der Waals surface area (Å²) in [5, 5.41) is 9.52. The average Bonchev–Trinajstić information content (AvgIpc) is 2.37. The summed E-state index contributed by atoms with van der Waals surface area (Å²) in [4.78, 5) is 4.21. The Morgan fingerprint density at radius 1 is 1.33 bits per heavy atom. The number of hydrogen-bond donors (Lipinski definition) is 0. The van der Waals surface area contributed by atoms with E-state index in [9.17, 15) is 0 Å². The molecule has 0 fully saturated rings. The molecule has 0 aliphatic heterocycles. The van der Waals surface area contributed by atoms with E-state index >= 15 is 0 Å². The number of nitrogens with zero attached hydrogens (tertiary/aromatic N) is 2. The Kier molecular flexibility index (Phi) is 3.81. The lowest BCUT2D eigenvalue weighted by Gasteiger charge is -2.07. The van der Waals surface area contributed by atoms with Gasteiger partial charge in [0.2, 0.25) is 5.88 Å². The minimum atomic E-state index is 0.334. The molecule has 0 radical (unpaired) electrons. The zero-order valence-corrected chi connectivity index (χ0v) is 10.6. The highest BCUT2D eigenvalue weighted by Crippen LogP contribution is 2.18. The molecular weight excluding hydrogens is 248 g/mol. The summed E-state index contributed by atoms with van der Waals surface area (Å²) < 4.78 is 5.55. The van der Waals surface area contributed by atoms with Gasteiger partial charge in [-0.25, -0.2) is 4.98 Å². The number of ether oxygens (including phenoxy) is 1. The molecule has 0 bridgehead atoms. The highest BCUT2D eigenvalue weighted by molar-refractivity contribution is 6.31. The van der Waals surface area contributed by atoms with Gasteiger partial charge in [-0.05, 0) is 19.1 Å². The Hall–Kier alpha value is -2.05. The number of aromatic nitrogens is 1. The van der Waals surface area contributed by atoms with Gasteiger partial charge in [0.1, 0.15) is 6.61 Å². The number of aryl methyl sites for hydroxylation is 1. The van der Waals surface area contributed by atoms with E-state index in [2.05, 4.69) is 11.1 Å². The molecule has 4 heteroatoms. The summed E-state index contributed by atoms with van der Waals surface area (Å²) in [6, 6.07) is 12.9. The largest absolute Gasteiger partial charge is 0.473 e. The van der Waals surface area contributed by atoms with E-state index in [-0.39, 0.29) is 0 Å². The minimum Gasteiger partial charge on any atom is -0.473 e. The average molecular weight is 259 g/mol. The second kappa shape index (κ2) is 5.52. The van der Waals surface area contributed by atoms with Crippen LogP contribution in [0.4, 0.5) is 0 Å². The Bertz CT molecular complexity index is 605. The van der Waals surface area contributed by atoms with Gasteiger partial charge >= 0.3 is 0 Å². The first-order chi connectivity index (χ1) is 8.69. The SMILES string of the molecule is Cc1cc(C#N)cc(OCc2ccccc2Cl)n1. The molecule has 0 atom stereocenters. The molecule has 0 saturated heterocycles. The molecule has 2 rings (SSSR count). The maximum Gasteiger partial charge on any atom is 0.215 e. The number of hydrogen-bond acceptors (Lipinski definition) is 3. The second-order valence-corrected chi connectivity index (χ2v) is 4.23. The third-order valence-corrected chi connectivity index (χ3v) is 2.76. The smallest absolute Gasteiger partial charge is 0.215 e. The highest BCUT2D eigenvalue weighted by atomic mass is 35.5. The number of benzene rings is 1. The van der Waals surface area contributed by atoms with Crippen molar-refractivity contribution in [1.29, 1.82) is 5.26 Å². The van der Waals surface area contributed by atoms with Crippen molar-refractivity contribution in [3.8, 4) is 11.9 Å². The number of rotatable bonds is 3. The van der Waals surface area contributed by atoms with Crippen LogP contribution in [0.1, 0.15) is 16.8 Å². The van der Waals surface area contributed by atoms with Crippen LogP contribution in [0.25, 0.3) is 0 Å². The van der Waals surface area contributed by atoms with Crippen molar-refractivity contribution in [1.82, 2.24) is 4.98 Å². The van der Waals surface area contributed by atoms with Crippen LogP contribution in [0.15, 0.2) is 36.4 Å². The molecule has 0 spiro atoms. The Balaban J connectivity index is 2.14. The van der Waals surface area contributed by atoms with E-state index in [0.29, 0.717) is 23.1 Å². The third kappa shape index (κ3) is 2.99. The maximum atomic E-state index is 8.86. The summed E-state index contributed by atoms with van der Waals surface area (Å²) in [6.07, 6.45) is 0. The fourth-order valence-electron chi connectivity index (χ4n) is 1.54. The number of nitriles is 1. The van der Waals surface area contributed by atoms with E-state index in [4.69, 9.17) is 21.6 Å². The van der Waals surface area contributed by atoms with E-state index in [1.165, 1.54) is 0 Å². The lowest BCUT2D eigenvalue weighted by molar-refractivity contribution is 0.293. The summed E-state index contributed by atoms with van der Waals surface area (Å²) in [5.74, 6) is 0.437. The van der Waals surface area contributed by atoms with Crippen molar-refractivity contribution in [2.24, 2.45) is 0 Å². The fourth-order valence-corrected chi connectivity index (χ4v) is 1.73. The first-order valence-corrected chi connectivity index (χ1v) is 5.82. The molecule has 1 heterocycles. The Labute approximate surface area is 111 Å². The van der Waals surface area contributed by atoms with Gasteiger partial charge in [-0.15, -0.1) is 0 Å². The predicted octanol–water partition coefficient (Wildman–Crippen LogP) is 3.49. The summed E-state index contributed by atoms with van der Waals surface area (Å²) in [5.41, 5.74) is 2.18. The number of halogens is 1. The van der Waals surface area contributed by atoms with Crippen LogP contribution in [0.2, 0.25) is 5.02 Å². The van der Waals surface area contributed by atoms with Crippen LogP contribution in [0, 0.1) is 18.3 Å². The van der Waals surface area contributed by atoms with Crippen LogP contribution in [-0.2, 0) is 6.61 Å². The standard InChI is InChI=1S/C14H11ClN2O/c1-10-6-11(8-16)7-14(17-10)18-9-12-4-2-3-5-13(12)15/h2-7H,9H2,1H3. The predicted molar refractivity (Wildman–Crippen MR) is 69.5 cm³/mol. The molecule has 0 aliphatic rings. The van der Waals surface area contributed by atoms with Crippen LogP contribution in [-0.4, -0.2) is 4.98 Å². The first kappa shape index (κ1) is 12.4. The van der Waals surface area contributed by atoms with Gasteiger partial charge in [0.25, 0.3) is 0 Å². The van der Waals surface area contributed by atoms with Crippen molar-refractivity contribution in [3.05, 3.63) is 58.2 Å². The monoisotopic (exact) mass is 258 g/mol. The lowest BCUT2D eigenvalue weighted by atomic mass is 10.2. The molecule has 0 aliphatic carbocycles.